The normalized spacial score (nSPS) is 14.8. The Morgan fingerprint density at radius 1 is 1.22 bits per heavy atom. The molecule has 0 spiro atoms. The van der Waals surface area contributed by atoms with Crippen LogP contribution in [0.4, 0.5) is 5.69 Å². The third-order valence-electron chi connectivity index (χ3n) is 4.22. The standard InChI is InChI=1S/C18H24N4O/c1-11-8-15(12(2)22(11)14-6-7-14)16(23)21-13-9-19-17(20-10-13)18(3,4)5/h8-10,14H,6-7H2,1-5H3,(H,21,23). The second-order valence-electron chi connectivity index (χ2n) is 7.39. The molecule has 0 aliphatic heterocycles. The van der Waals surface area contributed by atoms with Crippen LogP contribution in [0.25, 0.3) is 0 Å². The van der Waals surface area contributed by atoms with Crippen LogP contribution in [0.15, 0.2) is 18.5 Å². The summed E-state index contributed by atoms with van der Waals surface area (Å²) >= 11 is 0. The van der Waals surface area contributed by atoms with Crippen molar-refractivity contribution in [3.8, 4) is 0 Å². The summed E-state index contributed by atoms with van der Waals surface area (Å²) in [6.07, 6.45) is 5.76. The van der Waals surface area contributed by atoms with Gasteiger partial charge in [0, 0.05) is 22.8 Å². The van der Waals surface area contributed by atoms with Gasteiger partial charge in [-0.2, -0.15) is 0 Å². The molecule has 2 heterocycles. The van der Waals surface area contributed by atoms with Gasteiger partial charge in [-0.1, -0.05) is 20.8 Å². The summed E-state index contributed by atoms with van der Waals surface area (Å²) in [4.78, 5) is 21.2. The molecule has 5 nitrogen and oxygen atoms in total. The number of carbonyl (C=O) groups excluding carboxylic acids is 1. The zero-order valence-corrected chi connectivity index (χ0v) is 14.5. The quantitative estimate of drug-likeness (QED) is 0.938. The first-order chi connectivity index (χ1) is 10.8. The summed E-state index contributed by atoms with van der Waals surface area (Å²) in [6.45, 7) is 10.3. The van der Waals surface area contributed by atoms with E-state index in [1.165, 1.54) is 12.8 Å². The van der Waals surface area contributed by atoms with E-state index < -0.39 is 0 Å². The summed E-state index contributed by atoms with van der Waals surface area (Å²) in [5, 5.41) is 2.90. The summed E-state index contributed by atoms with van der Waals surface area (Å²) < 4.78 is 2.27. The minimum absolute atomic E-state index is 0.0995. The highest BCUT2D eigenvalue weighted by Crippen LogP contribution is 2.38. The molecule has 3 rings (SSSR count). The molecule has 0 unspecified atom stereocenters. The molecule has 1 fully saturated rings. The number of aromatic nitrogens is 3. The van der Waals surface area contributed by atoms with Crippen LogP contribution in [0.1, 0.15) is 67.2 Å². The van der Waals surface area contributed by atoms with Crippen molar-refractivity contribution in [3.63, 3.8) is 0 Å². The van der Waals surface area contributed by atoms with Gasteiger partial charge >= 0.3 is 0 Å². The molecule has 0 bridgehead atoms. The highest BCUT2D eigenvalue weighted by Gasteiger charge is 2.28. The molecule has 2 aromatic rings. The maximum absolute atomic E-state index is 12.5. The number of rotatable bonds is 3. The lowest BCUT2D eigenvalue weighted by atomic mass is 9.96. The zero-order chi connectivity index (χ0) is 16.8. The second kappa shape index (κ2) is 5.48. The van der Waals surface area contributed by atoms with Crippen molar-refractivity contribution in [2.24, 2.45) is 0 Å². The van der Waals surface area contributed by atoms with Crippen LogP contribution in [0.2, 0.25) is 0 Å². The minimum atomic E-state index is -0.0999. The van der Waals surface area contributed by atoms with Crippen molar-refractivity contribution in [1.82, 2.24) is 14.5 Å². The molecule has 0 aromatic carbocycles. The minimum Gasteiger partial charge on any atom is -0.345 e. The molecule has 0 saturated heterocycles. The Balaban J connectivity index is 1.78. The summed E-state index contributed by atoms with van der Waals surface area (Å²) in [5.74, 6) is 0.666. The Morgan fingerprint density at radius 3 is 2.35 bits per heavy atom. The number of nitrogens with one attached hydrogen (secondary N) is 1. The van der Waals surface area contributed by atoms with Gasteiger partial charge in [0.05, 0.1) is 23.6 Å². The number of carbonyl (C=O) groups is 1. The summed E-state index contributed by atoms with van der Waals surface area (Å²) in [5.41, 5.74) is 3.44. The predicted octanol–water partition coefficient (Wildman–Crippen LogP) is 3.78. The molecular weight excluding hydrogens is 288 g/mol. The highest BCUT2D eigenvalue weighted by molar-refractivity contribution is 6.05. The van der Waals surface area contributed by atoms with E-state index in [1.54, 1.807) is 12.4 Å². The number of amides is 1. The van der Waals surface area contributed by atoms with E-state index in [9.17, 15) is 4.79 Å². The molecule has 1 N–H and O–H groups in total. The van der Waals surface area contributed by atoms with Crippen LogP contribution >= 0.6 is 0 Å². The lowest BCUT2D eigenvalue weighted by Crippen LogP contribution is -2.17. The lowest BCUT2D eigenvalue weighted by molar-refractivity contribution is 0.102. The largest absolute Gasteiger partial charge is 0.345 e. The molecule has 2 aromatic heterocycles. The number of anilines is 1. The smallest absolute Gasteiger partial charge is 0.257 e. The Bertz CT molecular complexity index is 734. The van der Waals surface area contributed by atoms with Crippen molar-refractivity contribution in [1.29, 1.82) is 0 Å². The van der Waals surface area contributed by atoms with Crippen LogP contribution in [0, 0.1) is 13.8 Å². The van der Waals surface area contributed by atoms with Gasteiger partial charge in [-0.05, 0) is 32.8 Å². The van der Waals surface area contributed by atoms with Gasteiger partial charge in [0.25, 0.3) is 5.91 Å². The molecule has 1 amide bonds. The Kier molecular flexibility index (Phi) is 3.74. The molecule has 0 atom stereocenters. The van der Waals surface area contributed by atoms with Crippen molar-refractivity contribution < 1.29 is 4.79 Å². The van der Waals surface area contributed by atoms with E-state index >= 15 is 0 Å². The predicted molar refractivity (Wildman–Crippen MR) is 90.9 cm³/mol. The summed E-state index contributed by atoms with van der Waals surface area (Å²) in [7, 11) is 0. The molecule has 1 aliphatic rings. The van der Waals surface area contributed by atoms with Gasteiger partial charge in [0.1, 0.15) is 5.82 Å². The SMILES string of the molecule is Cc1cc(C(=O)Nc2cnc(C(C)(C)C)nc2)c(C)n1C1CC1. The fraction of sp³-hybridized carbons (Fsp3) is 0.500. The van der Waals surface area contributed by atoms with E-state index in [0.717, 1.165) is 22.8 Å². The average molecular weight is 312 g/mol. The van der Waals surface area contributed by atoms with E-state index in [2.05, 4.69) is 47.5 Å². The lowest BCUT2D eigenvalue weighted by Gasteiger charge is -2.16. The fourth-order valence-electron chi connectivity index (χ4n) is 2.88. The van der Waals surface area contributed by atoms with Crippen LogP contribution in [0.3, 0.4) is 0 Å². The molecule has 1 aliphatic carbocycles. The van der Waals surface area contributed by atoms with Gasteiger partial charge in [-0.3, -0.25) is 4.79 Å². The molecule has 122 valence electrons. The second-order valence-corrected chi connectivity index (χ2v) is 7.39. The molecule has 0 radical (unpaired) electrons. The monoisotopic (exact) mass is 312 g/mol. The zero-order valence-electron chi connectivity index (χ0n) is 14.5. The average Bonchev–Trinajstić information content (AvgIpc) is 3.24. The maximum atomic E-state index is 12.5. The molecule has 5 heteroatoms. The van der Waals surface area contributed by atoms with E-state index in [1.807, 2.05) is 13.0 Å². The van der Waals surface area contributed by atoms with Gasteiger partial charge in [0.15, 0.2) is 0 Å². The van der Waals surface area contributed by atoms with E-state index in [-0.39, 0.29) is 11.3 Å². The Morgan fingerprint density at radius 2 is 1.83 bits per heavy atom. The Labute approximate surface area is 137 Å². The first kappa shape index (κ1) is 15.7. The van der Waals surface area contributed by atoms with Crippen molar-refractivity contribution >= 4 is 11.6 Å². The third kappa shape index (κ3) is 3.14. The topological polar surface area (TPSA) is 59.8 Å². The molecular formula is C18H24N4O. The first-order valence-electron chi connectivity index (χ1n) is 8.09. The van der Waals surface area contributed by atoms with E-state index in [0.29, 0.717) is 11.7 Å². The highest BCUT2D eigenvalue weighted by atomic mass is 16.1. The van der Waals surface area contributed by atoms with Crippen LogP contribution in [-0.4, -0.2) is 20.4 Å². The van der Waals surface area contributed by atoms with Gasteiger partial charge < -0.3 is 9.88 Å². The van der Waals surface area contributed by atoms with Crippen molar-refractivity contribution in [2.45, 2.75) is 58.9 Å². The maximum Gasteiger partial charge on any atom is 0.257 e. The number of aryl methyl sites for hydroxylation is 1. The van der Waals surface area contributed by atoms with Gasteiger partial charge in [0.2, 0.25) is 0 Å². The van der Waals surface area contributed by atoms with Gasteiger partial charge in [-0.25, -0.2) is 9.97 Å². The fourth-order valence-corrected chi connectivity index (χ4v) is 2.88. The van der Waals surface area contributed by atoms with Crippen LogP contribution in [0.5, 0.6) is 0 Å². The third-order valence-corrected chi connectivity index (χ3v) is 4.22. The number of nitrogens with zero attached hydrogens (tertiary/aromatic N) is 3. The molecule has 23 heavy (non-hydrogen) atoms. The summed E-state index contributed by atoms with van der Waals surface area (Å²) in [6, 6.07) is 2.54. The first-order valence-corrected chi connectivity index (χ1v) is 8.09. The Hall–Kier alpha value is -2.17. The van der Waals surface area contributed by atoms with Crippen molar-refractivity contribution in [3.05, 3.63) is 41.2 Å². The van der Waals surface area contributed by atoms with Gasteiger partial charge in [-0.15, -0.1) is 0 Å². The number of hydrogen-bond acceptors (Lipinski definition) is 3. The number of hydrogen-bond donors (Lipinski definition) is 1. The van der Waals surface area contributed by atoms with Crippen LogP contribution < -0.4 is 5.32 Å². The van der Waals surface area contributed by atoms with E-state index in [4.69, 9.17) is 0 Å². The molecule has 1 saturated carbocycles. The van der Waals surface area contributed by atoms with Crippen molar-refractivity contribution in [2.75, 3.05) is 5.32 Å². The van der Waals surface area contributed by atoms with Crippen LogP contribution in [-0.2, 0) is 5.41 Å².